The summed E-state index contributed by atoms with van der Waals surface area (Å²) in [5.41, 5.74) is 2.67. The maximum Gasteiger partial charge on any atom is 0.156 e. The highest BCUT2D eigenvalue weighted by Crippen LogP contribution is 2.34. The van der Waals surface area contributed by atoms with Gasteiger partial charge in [0.15, 0.2) is 5.76 Å². The van der Waals surface area contributed by atoms with Crippen LogP contribution in [0.4, 0.5) is 5.69 Å². The number of ether oxygens (including phenoxy) is 1. The predicted octanol–water partition coefficient (Wildman–Crippen LogP) is 1.83. The average Bonchev–Trinajstić information content (AvgIpc) is 3.23. The zero-order chi connectivity index (χ0) is 16.5. The molecule has 1 atom stereocenters. The SMILES string of the molecule is Cn1cc(-c2cc(CN3CC(CO)Oc4ccccc43)on2)cn1. The molecule has 1 aliphatic heterocycles. The fourth-order valence-electron chi connectivity index (χ4n) is 2.89. The minimum Gasteiger partial charge on any atom is -0.484 e. The Labute approximate surface area is 139 Å². The van der Waals surface area contributed by atoms with Gasteiger partial charge in [0.2, 0.25) is 0 Å². The van der Waals surface area contributed by atoms with Gasteiger partial charge in [0.25, 0.3) is 0 Å². The first kappa shape index (κ1) is 14.8. The Morgan fingerprint density at radius 1 is 1.33 bits per heavy atom. The number of hydrogen-bond donors (Lipinski definition) is 1. The lowest BCUT2D eigenvalue weighted by molar-refractivity contribution is 0.111. The van der Waals surface area contributed by atoms with Gasteiger partial charge in [-0.15, -0.1) is 0 Å². The molecule has 1 aromatic carbocycles. The molecule has 2 aromatic heterocycles. The number of hydrogen-bond acceptors (Lipinski definition) is 6. The summed E-state index contributed by atoms with van der Waals surface area (Å²) in [6.45, 7) is 1.13. The molecule has 7 nitrogen and oxygen atoms in total. The topological polar surface area (TPSA) is 76.5 Å². The van der Waals surface area contributed by atoms with Crippen LogP contribution in [0.15, 0.2) is 47.2 Å². The minimum atomic E-state index is -0.249. The van der Waals surface area contributed by atoms with Crippen molar-refractivity contribution in [3.05, 3.63) is 48.5 Å². The highest BCUT2D eigenvalue weighted by Gasteiger charge is 2.26. The molecule has 1 aliphatic rings. The number of aliphatic hydroxyl groups excluding tert-OH is 1. The Balaban J connectivity index is 1.58. The van der Waals surface area contributed by atoms with E-state index in [4.69, 9.17) is 9.26 Å². The maximum absolute atomic E-state index is 9.46. The third-order valence-corrected chi connectivity index (χ3v) is 4.03. The highest BCUT2D eigenvalue weighted by molar-refractivity contribution is 5.61. The summed E-state index contributed by atoms with van der Waals surface area (Å²) in [5, 5.41) is 17.7. The molecule has 0 spiro atoms. The number of aromatic nitrogens is 3. The van der Waals surface area contributed by atoms with Crippen LogP contribution in [0.3, 0.4) is 0 Å². The Hall–Kier alpha value is -2.80. The first-order chi connectivity index (χ1) is 11.7. The molecule has 1 N–H and O–H groups in total. The summed E-state index contributed by atoms with van der Waals surface area (Å²) in [5.74, 6) is 1.53. The van der Waals surface area contributed by atoms with Gasteiger partial charge in [0.05, 0.1) is 31.6 Å². The predicted molar refractivity (Wildman–Crippen MR) is 87.7 cm³/mol. The number of anilines is 1. The second-order valence-electron chi connectivity index (χ2n) is 5.85. The van der Waals surface area contributed by atoms with Gasteiger partial charge in [-0.3, -0.25) is 4.68 Å². The van der Waals surface area contributed by atoms with E-state index in [2.05, 4.69) is 15.2 Å². The number of rotatable bonds is 4. The number of nitrogens with zero attached hydrogens (tertiary/aromatic N) is 4. The standard InChI is InChI=1S/C17H18N4O3/c1-20-8-12(7-18-20)15-6-13(24-19-15)9-21-10-14(11-22)23-17-5-3-2-4-16(17)21/h2-8,14,22H,9-11H2,1H3. The average molecular weight is 326 g/mol. The molecule has 0 aliphatic carbocycles. The van der Waals surface area contributed by atoms with E-state index in [1.807, 2.05) is 43.6 Å². The van der Waals surface area contributed by atoms with Crippen LogP contribution in [0.25, 0.3) is 11.3 Å². The van der Waals surface area contributed by atoms with Gasteiger partial charge >= 0.3 is 0 Å². The van der Waals surface area contributed by atoms with Crippen molar-refractivity contribution in [2.45, 2.75) is 12.6 Å². The monoisotopic (exact) mass is 326 g/mol. The van der Waals surface area contributed by atoms with Crippen molar-refractivity contribution in [3.63, 3.8) is 0 Å². The Kier molecular flexibility index (Phi) is 3.70. The Morgan fingerprint density at radius 3 is 3.00 bits per heavy atom. The zero-order valence-electron chi connectivity index (χ0n) is 13.3. The molecular formula is C17H18N4O3. The summed E-state index contributed by atoms with van der Waals surface area (Å²) >= 11 is 0. The third kappa shape index (κ3) is 2.74. The summed E-state index contributed by atoms with van der Waals surface area (Å²) in [6, 6.07) is 9.72. The normalized spacial score (nSPS) is 16.8. The van der Waals surface area contributed by atoms with Crippen molar-refractivity contribution in [1.82, 2.24) is 14.9 Å². The van der Waals surface area contributed by atoms with E-state index in [-0.39, 0.29) is 12.7 Å². The van der Waals surface area contributed by atoms with Crippen LogP contribution >= 0.6 is 0 Å². The van der Waals surface area contributed by atoms with Crippen molar-refractivity contribution >= 4 is 5.69 Å². The lowest BCUT2D eigenvalue weighted by Crippen LogP contribution is -2.41. The molecule has 0 saturated carbocycles. The van der Waals surface area contributed by atoms with E-state index in [0.29, 0.717) is 13.1 Å². The van der Waals surface area contributed by atoms with Crippen molar-refractivity contribution in [1.29, 1.82) is 0 Å². The molecule has 3 aromatic rings. The van der Waals surface area contributed by atoms with Crippen LogP contribution in [0.1, 0.15) is 5.76 Å². The van der Waals surface area contributed by atoms with Gasteiger partial charge < -0.3 is 19.3 Å². The first-order valence-electron chi connectivity index (χ1n) is 7.79. The minimum absolute atomic E-state index is 0.0256. The van der Waals surface area contributed by atoms with Crippen LogP contribution in [0, 0.1) is 0 Å². The number of aliphatic hydroxyl groups is 1. The second kappa shape index (κ2) is 6.01. The smallest absolute Gasteiger partial charge is 0.156 e. The van der Waals surface area contributed by atoms with Gasteiger partial charge in [-0.2, -0.15) is 5.10 Å². The van der Waals surface area contributed by atoms with Crippen LogP contribution in [0.5, 0.6) is 5.75 Å². The third-order valence-electron chi connectivity index (χ3n) is 4.03. The van der Waals surface area contributed by atoms with E-state index < -0.39 is 0 Å². The number of fused-ring (bicyclic) bond motifs is 1. The Bertz CT molecular complexity index is 842. The first-order valence-corrected chi connectivity index (χ1v) is 7.79. The molecular weight excluding hydrogens is 308 g/mol. The van der Waals surface area contributed by atoms with Crippen LogP contribution in [0.2, 0.25) is 0 Å². The molecule has 3 heterocycles. The summed E-state index contributed by atoms with van der Waals surface area (Å²) in [4.78, 5) is 2.13. The van der Waals surface area contributed by atoms with Gasteiger partial charge in [-0.1, -0.05) is 17.3 Å². The van der Waals surface area contributed by atoms with Crippen molar-refractivity contribution < 1.29 is 14.4 Å². The number of benzene rings is 1. The molecule has 1 unspecified atom stereocenters. The van der Waals surface area contributed by atoms with Gasteiger partial charge in [0.1, 0.15) is 17.5 Å². The molecule has 124 valence electrons. The molecule has 0 fully saturated rings. The van der Waals surface area contributed by atoms with Crippen molar-refractivity contribution in [3.8, 4) is 17.0 Å². The van der Waals surface area contributed by atoms with E-state index in [0.717, 1.165) is 28.5 Å². The Morgan fingerprint density at radius 2 is 2.21 bits per heavy atom. The molecule has 24 heavy (non-hydrogen) atoms. The fourth-order valence-corrected chi connectivity index (χ4v) is 2.89. The van der Waals surface area contributed by atoms with Crippen LogP contribution < -0.4 is 9.64 Å². The molecule has 0 radical (unpaired) electrons. The quantitative estimate of drug-likeness (QED) is 0.788. The number of para-hydroxylation sites is 2. The lowest BCUT2D eigenvalue weighted by Gasteiger charge is -2.34. The molecule has 7 heteroatoms. The molecule has 0 saturated heterocycles. The van der Waals surface area contributed by atoms with Crippen molar-refractivity contribution in [2.75, 3.05) is 18.1 Å². The summed E-state index contributed by atoms with van der Waals surface area (Å²) in [6.07, 6.45) is 3.40. The van der Waals surface area contributed by atoms with Crippen molar-refractivity contribution in [2.24, 2.45) is 7.05 Å². The van der Waals surface area contributed by atoms with Gasteiger partial charge in [0, 0.05) is 24.9 Å². The molecule has 4 rings (SSSR count). The summed E-state index contributed by atoms with van der Waals surface area (Å²) < 4.78 is 13.0. The van der Waals surface area contributed by atoms with E-state index in [1.54, 1.807) is 10.9 Å². The maximum atomic E-state index is 9.46. The molecule has 0 bridgehead atoms. The second-order valence-corrected chi connectivity index (χ2v) is 5.85. The van der Waals surface area contributed by atoms with Crippen LogP contribution in [-0.4, -0.2) is 39.3 Å². The lowest BCUT2D eigenvalue weighted by atomic mass is 10.1. The number of aryl methyl sites for hydroxylation is 1. The van der Waals surface area contributed by atoms with Gasteiger partial charge in [-0.05, 0) is 12.1 Å². The zero-order valence-corrected chi connectivity index (χ0v) is 13.3. The van der Waals surface area contributed by atoms with E-state index >= 15 is 0 Å². The summed E-state index contributed by atoms with van der Waals surface area (Å²) in [7, 11) is 1.87. The highest BCUT2D eigenvalue weighted by atomic mass is 16.5. The van der Waals surface area contributed by atoms with E-state index in [1.165, 1.54) is 0 Å². The van der Waals surface area contributed by atoms with Crippen LogP contribution in [-0.2, 0) is 13.6 Å². The molecule has 0 amide bonds. The van der Waals surface area contributed by atoms with E-state index in [9.17, 15) is 5.11 Å². The largest absolute Gasteiger partial charge is 0.484 e. The van der Waals surface area contributed by atoms with Gasteiger partial charge in [-0.25, -0.2) is 0 Å². The fraction of sp³-hybridized carbons (Fsp3) is 0.294.